The van der Waals surface area contributed by atoms with Crippen LogP contribution in [-0.2, 0) is 13.6 Å². The molecule has 0 bridgehead atoms. The fourth-order valence-corrected chi connectivity index (χ4v) is 2.03. The number of aryl methyl sites for hydroxylation is 1. The molecular formula is C10H18N4O. The summed E-state index contributed by atoms with van der Waals surface area (Å²) in [6, 6.07) is 0. The molecule has 1 N–H and O–H groups in total. The molecule has 2 heterocycles. The van der Waals surface area contributed by atoms with Gasteiger partial charge in [0.1, 0.15) is 12.2 Å². The number of aliphatic hydroxyl groups is 1. The number of aliphatic hydroxyl groups excluding tert-OH is 1. The Balaban J connectivity index is 1.94. The van der Waals surface area contributed by atoms with Crippen molar-refractivity contribution in [3.05, 3.63) is 12.2 Å². The Morgan fingerprint density at radius 1 is 1.60 bits per heavy atom. The van der Waals surface area contributed by atoms with Gasteiger partial charge in [-0.3, -0.25) is 9.58 Å². The van der Waals surface area contributed by atoms with Crippen molar-refractivity contribution in [2.75, 3.05) is 13.1 Å². The normalized spacial score (nSPS) is 28.2. The first kappa shape index (κ1) is 10.6. The monoisotopic (exact) mass is 210 g/mol. The van der Waals surface area contributed by atoms with Crippen LogP contribution in [0.3, 0.4) is 0 Å². The summed E-state index contributed by atoms with van der Waals surface area (Å²) in [5.41, 5.74) is 0. The average Bonchev–Trinajstić information content (AvgIpc) is 2.59. The van der Waals surface area contributed by atoms with Crippen LogP contribution < -0.4 is 0 Å². The minimum atomic E-state index is -0.138. The Labute approximate surface area is 89.7 Å². The summed E-state index contributed by atoms with van der Waals surface area (Å²) >= 11 is 0. The first-order valence-electron chi connectivity index (χ1n) is 5.40. The molecule has 0 aliphatic carbocycles. The zero-order valence-corrected chi connectivity index (χ0v) is 9.30. The molecule has 2 rings (SSSR count). The second-order valence-corrected chi connectivity index (χ2v) is 4.37. The third-order valence-corrected chi connectivity index (χ3v) is 3.11. The van der Waals surface area contributed by atoms with Gasteiger partial charge in [0, 0.05) is 20.1 Å². The summed E-state index contributed by atoms with van der Waals surface area (Å²) in [6.45, 7) is 4.80. The molecule has 1 fully saturated rings. The second-order valence-electron chi connectivity index (χ2n) is 4.37. The largest absolute Gasteiger partial charge is 0.393 e. The van der Waals surface area contributed by atoms with E-state index in [-0.39, 0.29) is 6.10 Å². The molecule has 1 aromatic rings. The van der Waals surface area contributed by atoms with Gasteiger partial charge in [-0.05, 0) is 12.3 Å². The highest BCUT2D eigenvalue weighted by Crippen LogP contribution is 2.17. The van der Waals surface area contributed by atoms with E-state index in [2.05, 4.69) is 21.9 Å². The Kier molecular flexibility index (Phi) is 3.02. The Bertz CT molecular complexity index is 325. The van der Waals surface area contributed by atoms with Gasteiger partial charge in [-0.15, -0.1) is 0 Å². The number of hydrogen-bond donors (Lipinski definition) is 1. The third kappa shape index (κ3) is 2.35. The van der Waals surface area contributed by atoms with E-state index in [1.54, 1.807) is 11.0 Å². The SMILES string of the molecule is CC1CN(Cc2ncnn2C)CCC1O. The van der Waals surface area contributed by atoms with Crippen molar-refractivity contribution in [3.63, 3.8) is 0 Å². The molecule has 0 aromatic carbocycles. The number of aromatic nitrogens is 3. The van der Waals surface area contributed by atoms with Crippen LogP contribution in [0.15, 0.2) is 6.33 Å². The fraction of sp³-hybridized carbons (Fsp3) is 0.800. The molecule has 1 aliphatic heterocycles. The van der Waals surface area contributed by atoms with Gasteiger partial charge in [0.2, 0.25) is 0 Å². The van der Waals surface area contributed by atoms with Crippen molar-refractivity contribution in [1.29, 1.82) is 0 Å². The van der Waals surface area contributed by atoms with Gasteiger partial charge in [0.15, 0.2) is 0 Å². The van der Waals surface area contributed by atoms with Crippen molar-refractivity contribution in [3.8, 4) is 0 Å². The van der Waals surface area contributed by atoms with Gasteiger partial charge >= 0.3 is 0 Å². The predicted octanol–water partition coefficient (Wildman–Crippen LogP) is 0.0178. The van der Waals surface area contributed by atoms with E-state index in [4.69, 9.17) is 0 Å². The standard InChI is InChI=1S/C10H18N4O/c1-8-5-14(4-3-9(8)15)6-10-11-7-12-13(10)2/h7-9,15H,3-6H2,1-2H3. The van der Waals surface area contributed by atoms with Crippen molar-refractivity contribution < 1.29 is 5.11 Å². The molecule has 0 saturated carbocycles. The summed E-state index contributed by atoms with van der Waals surface area (Å²) in [5.74, 6) is 1.34. The molecule has 2 unspecified atom stereocenters. The fourth-order valence-electron chi connectivity index (χ4n) is 2.03. The van der Waals surface area contributed by atoms with E-state index in [0.29, 0.717) is 5.92 Å². The summed E-state index contributed by atoms with van der Waals surface area (Å²) in [6.07, 6.45) is 2.30. The molecule has 1 aromatic heterocycles. The Morgan fingerprint density at radius 3 is 3.00 bits per heavy atom. The van der Waals surface area contributed by atoms with Crippen LogP contribution in [0.2, 0.25) is 0 Å². The second kappa shape index (κ2) is 4.28. The van der Waals surface area contributed by atoms with Crippen LogP contribution in [0, 0.1) is 5.92 Å². The minimum Gasteiger partial charge on any atom is -0.393 e. The number of piperidine rings is 1. The van der Waals surface area contributed by atoms with Gasteiger partial charge in [-0.2, -0.15) is 5.10 Å². The first-order valence-corrected chi connectivity index (χ1v) is 5.40. The van der Waals surface area contributed by atoms with Gasteiger partial charge < -0.3 is 5.11 Å². The lowest BCUT2D eigenvalue weighted by atomic mass is 9.97. The molecular weight excluding hydrogens is 192 g/mol. The third-order valence-electron chi connectivity index (χ3n) is 3.11. The molecule has 0 amide bonds. The Morgan fingerprint density at radius 2 is 2.40 bits per heavy atom. The van der Waals surface area contributed by atoms with E-state index >= 15 is 0 Å². The highest BCUT2D eigenvalue weighted by atomic mass is 16.3. The lowest BCUT2D eigenvalue weighted by molar-refractivity contribution is 0.0307. The Hall–Kier alpha value is -0.940. The number of hydrogen-bond acceptors (Lipinski definition) is 4. The van der Waals surface area contributed by atoms with Crippen LogP contribution in [0.4, 0.5) is 0 Å². The maximum Gasteiger partial charge on any atom is 0.140 e. The number of nitrogens with zero attached hydrogens (tertiary/aromatic N) is 4. The number of likely N-dealkylation sites (tertiary alicyclic amines) is 1. The highest BCUT2D eigenvalue weighted by Gasteiger charge is 2.24. The van der Waals surface area contributed by atoms with Crippen LogP contribution in [0.1, 0.15) is 19.2 Å². The zero-order valence-electron chi connectivity index (χ0n) is 9.30. The highest BCUT2D eigenvalue weighted by molar-refractivity contribution is 4.86. The summed E-state index contributed by atoms with van der Waals surface area (Å²) in [5, 5.41) is 13.7. The number of rotatable bonds is 2. The van der Waals surface area contributed by atoms with Crippen LogP contribution >= 0.6 is 0 Å². The van der Waals surface area contributed by atoms with Crippen molar-refractivity contribution >= 4 is 0 Å². The minimum absolute atomic E-state index is 0.138. The molecule has 2 atom stereocenters. The first-order chi connectivity index (χ1) is 7.16. The maximum absolute atomic E-state index is 9.62. The molecule has 1 aliphatic rings. The van der Waals surface area contributed by atoms with E-state index in [0.717, 1.165) is 31.9 Å². The van der Waals surface area contributed by atoms with Crippen molar-refractivity contribution in [2.24, 2.45) is 13.0 Å². The summed E-state index contributed by atoms with van der Waals surface area (Å²) < 4.78 is 1.80. The quantitative estimate of drug-likeness (QED) is 0.747. The molecule has 0 spiro atoms. The van der Waals surface area contributed by atoms with Crippen LogP contribution in [0.25, 0.3) is 0 Å². The van der Waals surface area contributed by atoms with E-state index < -0.39 is 0 Å². The molecule has 5 heteroatoms. The van der Waals surface area contributed by atoms with E-state index in [9.17, 15) is 5.11 Å². The van der Waals surface area contributed by atoms with Crippen LogP contribution in [-0.4, -0.2) is 44.0 Å². The summed E-state index contributed by atoms with van der Waals surface area (Å²) in [7, 11) is 1.91. The molecule has 15 heavy (non-hydrogen) atoms. The lowest BCUT2D eigenvalue weighted by Crippen LogP contribution is -2.41. The van der Waals surface area contributed by atoms with Gasteiger partial charge in [-0.1, -0.05) is 6.92 Å². The molecule has 0 radical (unpaired) electrons. The van der Waals surface area contributed by atoms with Crippen LogP contribution in [0.5, 0.6) is 0 Å². The van der Waals surface area contributed by atoms with Crippen molar-refractivity contribution in [1.82, 2.24) is 19.7 Å². The van der Waals surface area contributed by atoms with Gasteiger partial charge in [0.25, 0.3) is 0 Å². The van der Waals surface area contributed by atoms with Gasteiger partial charge in [-0.25, -0.2) is 4.98 Å². The van der Waals surface area contributed by atoms with E-state index in [1.807, 2.05) is 7.05 Å². The predicted molar refractivity (Wildman–Crippen MR) is 56.1 cm³/mol. The maximum atomic E-state index is 9.62. The molecule has 84 valence electrons. The summed E-state index contributed by atoms with van der Waals surface area (Å²) in [4.78, 5) is 6.52. The van der Waals surface area contributed by atoms with Crippen molar-refractivity contribution in [2.45, 2.75) is 26.0 Å². The van der Waals surface area contributed by atoms with Gasteiger partial charge in [0.05, 0.1) is 12.6 Å². The average molecular weight is 210 g/mol. The topological polar surface area (TPSA) is 54.2 Å². The van der Waals surface area contributed by atoms with E-state index in [1.165, 1.54) is 0 Å². The smallest absolute Gasteiger partial charge is 0.140 e. The molecule has 5 nitrogen and oxygen atoms in total. The molecule has 1 saturated heterocycles. The lowest BCUT2D eigenvalue weighted by Gasteiger charge is -2.33. The zero-order chi connectivity index (χ0) is 10.8.